The molecule has 4 nitrogen and oxygen atoms in total. The Morgan fingerprint density at radius 3 is 2.71 bits per heavy atom. The van der Waals surface area contributed by atoms with Crippen LogP contribution in [0.3, 0.4) is 0 Å². The monoisotopic (exact) mass is 321 g/mol. The zero-order valence-corrected chi connectivity index (χ0v) is 12.9. The van der Waals surface area contributed by atoms with E-state index in [-0.39, 0.29) is 11.5 Å². The number of hydrogen-bond donors (Lipinski definition) is 2. The molecule has 0 bridgehead atoms. The third-order valence-corrected chi connectivity index (χ3v) is 5.18. The van der Waals surface area contributed by atoms with E-state index in [9.17, 15) is 8.42 Å². The van der Waals surface area contributed by atoms with Crippen LogP contribution in [0.4, 0.5) is 0 Å². The van der Waals surface area contributed by atoms with Crippen molar-refractivity contribution in [2.45, 2.75) is 11.3 Å². The molecule has 0 fully saturated rings. The molecule has 110 valence electrons. The van der Waals surface area contributed by atoms with Crippen LogP contribution in [0.25, 0.3) is 0 Å². The Morgan fingerprint density at radius 2 is 2.00 bits per heavy atom. The van der Waals surface area contributed by atoms with E-state index in [0.717, 1.165) is 4.88 Å². The van der Waals surface area contributed by atoms with Crippen LogP contribution in [0.1, 0.15) is 10.4 Å². The van der Waals surface area contributed by atoms with Crippen LogP contribution in [0, 0.1) is 11.8 Å². The molecular weight excluding hydrogens is 306 g/mol. The Labute approximate surface area is 128 Å². The van der Waals surface area contributed by atoms with Gasteiger partial charge in [-0.25, -0.2) is 13.1 Å². The second-order valence-corrected chi connectivity index (χ2v) is 6.95. The smallest absolute Gasteiger partial charge is 0.241 e. The first kappa shape index (κ1) is 15.7. The van der Waals surface area contributed by atoms with Crippen molar-refractivity contribution in [1.29, 1.82) is 0 Å². The van der Waals surface area contributed by atoms with Gasteiger partial charge in [-0.15, -0.1) is 11.3 Å². The zero-order valence-electron chi connectivity index (χ0n) is 11.2. The number of sulfonamides is 1. The molecule has 0 atom stereocenters. The minimum absolute atomic E-state index is 0.136. The van der Waals surface area contributed by atoms with Crippen molar-refractivity contribution in [2.75, 3.05) is 13.2 Å². The molecule has 2 N–H and O–H groups in total. The minimum Gasteiger partial charge on any atom is -0.384 e. The Kier molecular flexibility index (Phi) is 5.53. The van der Waals surface area contributed by atoms with E-state index < -0.39 is 10.0 Å². The Hall–Kier alpha value is -1.65. The summed E-state index contributed by atoms with van der Waals surface area (Å²) < 4.78 is 27.2. The molecule has 0 aliphatic heterocycles. The quantitative estimate of drug-likeness (QED) is 0.822. The molecule has 0 unspecified atom stereocenters. The molecule has 0 spiro atoms. The molecule has 2 rings (SSSR count). The highest BCUT2D eigenvalue weighted by Crippen LogP contribution is 2.14. The lowest BCUT2D eigenvalue weighted by molar-refractivity contribution is 0.350. The lowest BCUT2D eigenvalue weighted by Crippen LogP contribution is -2.26. The van der Waals surface area contributed by atoms with E-state index in [1.54, 1.807) is 29.5 Å². The van der Waals surface area contributed by atoms with Crippen LogP contribution in [-0.2, 0) is 16.4 Å². The number of benzene rings is 1. The molecule has 1 heterocycles. The highest BCUT2D eigenvalue weighted by Gasteiger charge is 2.16. The van der Waals surface area contributed by atoms with Gasteiger partial charge < -0.3 is 5.11 Å². The van der Waals surface area contributed by atoms with Crippen LogP contribution in [-0.4, -0.2) is 26.7 Å². The van der Waals surface area contributed by atoms with E-state index >= 15 is 0 Å². The molecule has 0 aliphatic rings. The normalized spacial score (nSPS) is 10.9. The summed E-state index contributed by atoms with van der Waals surface area (Å²) in [4.78, 5) is 1.27. The second-order valence-electron chi connectivity index (χ2n) is 4.18. The van der Waals surface area contributed by atoms with Crippen LogP contribution < -0.4 is 4.72 Å². The largest absolute Gasteiger partial charge is 0.384 e. The fourth-order valence-corrected chi connectivity index (χ4v) is 3.68. The number of thiophene rings is 1. The number of aliphatic hydroxyl groups excluding tert-OH is 1. The van der Waals surface area contributed by atoms with Crippen molar-refractivity contribution in [3.05, 3.63) is 52.2 Å². The maximum absolute atomic E-state index is 12.3. The predicted octanol–water partition coefficient (Wildman–Crippen LogP) is 1.61. The van der Waals surface area contributed by atoms with Gasteiger partial charge in [-0.05, 0) is 30.0 Å². The number of nitrogens with one attached hydrogen (secondary N) is 1. The van der Waals surface area contributed by atoms with Gasteiger partial charge in [0.15, 0.2) is 0 Å². The van der Waals surface area contributed by atoms with Crippen molar-refractivity contribution < 1.29 is 13.5 Å². The standard InChI is InChI=1S/C15H15NO3S2/c17-11-3-6-13-5-1-2-8-15(13)21(18,19)16-10-9-14-7-4-12-20-14/h1-2,4-5,7-8,12,16-17H,9-11H2. The number of rotatable bonds is 5. The van der Waals surface area contributed by atoms with Crippen LogP contribution >= 0.6 is 11.3 Å². The Bertz CT molecular complexity index is 741. The summed E-state index contributed by atoms with van der Waals surface area (Å²) in [6.07, 6.45) is 0.654. The Balaban J connectivity index is 2.12. The molecule has 1 aromatic heterocycles. The molecule has 0 radical (unpaired) electrons. The van der Waals surface area contributed by atoms with Gasteiger partial charge >= 0.3 is 0 Å². The van der Waals surface area contributed by atoms with Gasteiger partial charge in [-0.1, -0.05) is 30.0 Å². The predicted molar refractivity (Wildman–Crippen MR) is 83.6 cm³/mol. The summed E-state index contributed by atoms with van der Waals surface area (Å²) in [5, 5.41) is 10.7. The molecule has 6 heteroatoms. The average Bonchev–Trinajstić information content (AvgIpc) is 2.98. The van der Waals surface area contributed by atoms with Gasteiger partial charge in [0, 0.05) is 17.0 Å². The third kappa shape index (κ3) is 4.41. The first-order valence-electron chi connectivity index (χ1n) is 6.34. The first-order chi connectivity index (χ1) is 10.1. The topological polar surface area (TPSA) is 66.4 Å². The lowest BCUT2D eigenvalue weighted by atomic mass is 10.2. The summed E-state index contributed by atoms with van der Waals surface area (Å²) in [6, 6.07) is 10.4. The summed E-state index contributed by atoms with van der Waals surface area (Å²) >= 11 is 1.60. The van der Waals surface area contributed by atoms with Gasteiger partial charge in [0.25, 0.3) is 0 Å². The van der Waals surface area contributed by atoms with Crippen LogP contribution in [0.5, 0.6) is 0 Å². The third-order valence-electron chi connectivity index (χ3n) is 2.72. The van der Waals surface area contributed by atoms with Crippen LogP contribution in [0.2, 0.25) is 0 Å². The summed E-state index contributed by atoms with van der Waals surface area (Å²) in [7, 11) is -3.60. The molecular formula is C15H15NO3S2. The highest BCUT2D eigenvalue weighted by atomic mass is 32.2. The van der Waals surface area contributed by atoms with Crippen molar-refractivity contribution >= 4 is 21.4 Å². The second kappa shape index (κ2) is 7.38. The molecule has 1 aromatic carbocycles. The SMILES string of the molecule is O=S(=O)(NCCc1cccs1)c1ccccc1C#CCO. The average molecular weight is 321 g/mol. The van der Waals surface area contributed by atoms with E-state index in [0.29, 0.717) is 18.5 Å². The molecule has 0 aliphatic carbocycles. The molecule has 21 heavy (non-hydrogen) atoms. The van der Waals surface area contributed by atoms with Gasteiger partial charge in [0.2, 0.25) is 10.0 Å². The fraction of sp³-hybridized carbons (Fsp3) is 0.200. The van der Waals surface area contributed by atoms with Gasteiger partial charge in [-0.3, -0.25) is 0 Å². The van der Waals surface area contributed by atoms with Crippen molar-refractivity contribution in [2.24, 2.45) is 0 Å². The first-order valence-corrected chi connectivity index (χ1v) is 8.70. The van der Waals surface area contributed by atoms with Crippen molar-refractivity contribution in [3.8, 4) is 11.8 Å². The molecule has 2 aromatic rings. The van der Waals surface area contributed by atoms with Gasteiger partial charge in [-0.2, -0.15) is 0 Å². The molecule has 0 saturated carbocycles. The zero-order chi connectivity index (χ0) is 15.1. The minimum atomic E-state index is -3.60. The highest BCUT2D eigenvalue weighted by molar-refractivity contribution is 7.89. The maximum atomic E-state index is 12.3. The van der Waals surface area contributed by atoms with Crippen LogP contribution in [0.15, 0.2) is 46.7 Å². The Morgan fingerprint density at radius 1 is 1.19 bits per heavy atom. The fourth-order valence-electron chi connectivity index (χ4n) is 1.78. The summed E-state index contributed by atoms with van der Waals surface area (Å²) in [5.74, 6) is 5.13. The van der Waals surface area contributed by atoms with Crippen molar-refractivity contribution in [3.63, 3.8) is 0 Å². The van der Waals surface area contributed by atoms with Crippen molar-refractivity contribution in [1.82, 2.24) is 4.72 Å². The van der Waals surface area contributed by atoms with E-state index in [2.05, 4.69) is 16.6 Å². The lowest BCUT2D eigenvalue weighted by Gasteiger charge is -2.08. The summed E-state index contributed by atoms with van der Waals surface area (Å²) in [6.45, 7) is 0.0325. The molecule has 0 amide bonds. The number of aliphatic hydroxyl groups is 1. The van der Waals surface area contributed by atoms with Gasteiger partial charge in [0.05, 0.1) is 4.90 Å². The maximum Gasteiger partial charge on any atom is 0.241 e. The van der Waals surface area contributed by atoms with E-state index in [4.69, 9.17) is 5.11 Å². The number of hydrogen-bond acceptors (Lipinski definition) is 4. The van der Waals surface area contributed by atoms with E-state index in [1.807, 2.05) is 17.5 Å². The van der Waals surface area contributed by atoms with Gasteiger partial charge in [0.1, 0.15) is 6.61 Å². The van der Waals surface area contributed by atoms with E-state index in [1.165, 1.54) is 6.07 Å². The molecule has 0 saturated heterocycles. The summed E-state index contributed by atoms with van der Waals surface area (Å²) in [5.41, 5.74) is 0.384.